The monoisotopic (exact) mass is 469 g/mol. The van der Waals surface area contributed by atoms with Gasteiger partial charge in [0.15, 0.2) is 5.82 Å². The second-order valence-electron chi connectivity index (χ2n) is 8.29. The van der Waals surface area contributed by atoms with E-state index in [-0.39, 0.29) is 22.0 Å². The summed E-state index contributed by atoms with van der Waals surface area (Å²) in [6.45, 7) is 0.555. The van der Waals surface area contributed by atoms with Gasteiger partial charge in [-0.2, -0.15) is 4.98 Å². The molecule has 8 nitrogen and oxygen atoms in total. The number of aromatic nitrogens is 2. The summed E-state index contributed by atoms with van der Waals surface area (Å²) in [7, 11) is 0. The van der Waals surface area contributed by atoms with E-state index in [0.717, 1.165) is 36.6 Å². The summed E-state index contributed by atoms with van der Waals surface area (Å²) in [5.74, 6) is -0.180. The molecule has 5 rings (SSSR count). The van der Waals surface area contributed by atoms with Crippen LogP contribution >= 0.6 is 11.6 Å². The molecule has 2 fully saturated rings. The highest BCUT2D eigenvalue weighted by atomic mass is 35.5. The standard InChI is InChI=1S/C23H21ClFN5O3/c24-15-5-8-18(17(25)12-15)27-22(32)28-19-2-1-11-30(20(19)31)16-6-3-14(4-7-16)23(9-10-23)21-26-13-33-29-21/h3-8,12-13,19H,1-2,9-11H2,(H2,27,28,32)/t19-/m1/s1. The van der Waals surface area contributed by atoms with Crippen LogP contribution in [0.15, 0.2) is 53.4 Å². The fourth-order valence-electron chi connectivity index (χ4n) is 4.28. The lowest BCUT2D eigenvalue weighted by atomic mass is 9.94. The van der Waals surface area contributed by atoms with E-state index in [1.54, 1.807) is 4.90 Å². The molecular weight excluding hydrogens is 449 g/mol. The molecule has 1 aliphatic carbocycles. The molecule has 1 atom stereocenters. The van der Waals surface area contributed by atoms with Crippen LogP contribution in [0.4, 0.5) is 20.6 Å². The Kier molecular flexibility index (Phi) is 5.49. The number of anilines is 2. The van der Waals surface area contributed by atoms with Gasteiger partial charge in [-0.1, -0.05) is 28.9 Å². The van der Waals surface area contributed by atoms with Gasteiger partial charge in [-0.15, -0.1) is 0 Å². The van der Waals surface area contributed by atoms with Gasteiger partial charge in [0, 0.05) is 17.3 Å². The van der Waals surface area contributed by atoms with Crippen LogP contribution in [-0.2, 0) is 10.2 Å². The maximum absolute atomic E-state index is 13.9. The number of nitrogens with zero attached hydrogens (tertiary/aromatic N) is 3. The Balaban J connectivity index is 1.25. The molecule has 2 heterocycles. The van der Waals surface area contributed by atoms with Gasteiger partial charge in [-0.05, 0) is 61.6 Å². The predicted molar refractivity (Wildman–Crippen MR) is 120 cm³/mol. The smallest absolute Gasteiger partial charge is 0.319 e. The SMILES string of the molecule is O=C(Nc1ccc(Cl)cc1F)N[C@@H]1CCCN(c2ccc(C3(c4ncon4)CC3)cc2)C1=O. The summed E-state index contributed by atoms with van der Waals surface area (Å²) in [6, 6.07) is 10.4. The minimum absolute atomic E-state index is 0.0109. The van der Waals surface area contributed by atoms with Crippen molar-refractivity contribution in [1.29, 1.82) is 0 Å². The number of carbonyl (C=O) groups is 2. The minimum Gasteiger partial charge on any atom is -0.343 e. The molecule has 1 saturated heterocycles. The Labute approximate surface area is 194 Å². The number of amides is 3. The summed E-state index contributed by atoms with van der Waals surface area (Å²) in [4.78, 5) is 31.3. The third kappa shape index (κ3) is 4.16. The third-order valence-corrected chi connectivity index (χ3v) is 6.43. The summed E-state index contributed by atoms with van der Waals surface area (Å²) in [5, 5.41) is 9.32. The highest BCUT2D eigenvalue weighted by molar-refractivity contribution is 6.30. The normalized spacial score (nSPS) is 19.3. The first-order valence-corrected chi connectivity index (χ1v) is 11.1. The molecule has 2 aliphatic rings. The van der Waals surface area contributed by atoms with Crippen molar-refractivity contribution in [1.82, 2.24) is 15.5 Å². The Hall–Kier alpha value is -3.46. The molecule has 0 unspecified atom stereocenters. The van der Waals surface area contributed by atoms with Gasteiger partial charge < -0.3 is 20.1 Å². The molecule has 3 amide bonds. The average molecular weight is 470 g/mol. The molecule has 1 aliphatic heterocycles. The van der Waals surface area contributed by atoms with Gasteiger partial charge in [0.25, 0.3) is 0 Å². The van der Waals surface area contributed by atoms with Crippen LogP contribution in [0.1, 0.15) is 37.1 Å². The van der Waals surface area contributed by atoms with Gasteiger partial charge in [0.1, 0.15) is 11.9 Å². The Morgan fingerprint density at radius 1 is 1.21 bits per heavy atom. The Morgan fingerprint density at radius 2 is 2.00 bits per heavy atom. The summed E-state index contributed by atoms with van der Waals surface area (Å²) >= 11 is 5.74. The minimum atomic E-state index is -0.706. The molecule has 10 heteroatoms. The molecule has 3 aromatic rings. The van der Waals surface area contributed by atoms with Gasteiger partial charge in [-0.25, -0.2) is 9.18 Å². The first-order chi connectivity index (χ1) is 16.0. The molecule has 1 aromatic heterocycles. The number of hydrogen-bond donors (Lipinski definition) is 2. The topological polar surface area (TPSA) is 100 Å². The van der Waals surface area contributed by atoms with Gasteiger partial charge in [-0.3, -0.25) is 4.79 Å². The van der Waals surface area contributed by atoms with E-state index in [9.17, 15) is 14.0 Å². The van der Waals surface area contributed by atoms with Gasteiger partial charge >= 0.3 is 6.03 Å². The molecule has 2 N–H and O–H groups in total. The quantitative estimate of drug-likeness (QED) is 0.581. The number of rotatable bonds is 5. The summed E-state index contributed by atoms with van der Waals surface area (Å²) in [6.07, 6.45) is 4.46. The van der Waals surface area contributed by atoms with Crippen molar-refractivity contribution in [3.05, 3.63) is 71.1 Å². The zero-order chi connectivity index (χ0) is 23.0. The Morgan fingerprint density at radius 3 is 2.67 bits per heavy atom. The largest absolute Gasteiger partial charge is 0.343 e. The van der Waals surface area contributed by atoms with Gasteiger partial charge in [0.05, 0.1) is 11.1 Å². The van der Waals surface area contributed by atoms with Crippen LogP contribution in [-0.4, -0.2) is 34.7 Å². The van der Waals surface area contributed by atoms with Crippen molar-refractivity contribution >= 4 is 34.9 Å². The maximum Gasteiger partial charge on any atom is 0.319 e. The third-order valence-electron chi connectivity index (χ3n) is 6.19. The first-order valence-electron chi connectivity index (χ1n) is 10.7. The lowest BCUT2D eigenvalue weighted by Gasteiger charge is -2.33. The van der Waals surface area contributed by atoms with E-state index in [1.807, 2.05) is 24.3 Å². The van der Waals surface area contributed by atoms with Crippen LogP contribution in [0.5, 0.6) is 0 Å². The number of nitrogens with one attached hydrogen (secondary N) is 2. The molecule has 0 radical (unpaired) electrons. The second kappa shape index (κ2) is 8.47. The number of urea groups is 1. The van der Waals surface area contributed by atoms with E-state index < -0.39 is 17.9 Å². The molecule has 0 bridgehead atoms. The number of hydrogen-bond acceptors (Lipinski definition) is 5. The highest BCUT2D eigenvalue weighted by Gasteiger charge is 2.49. The van der Waals surface area contributed by atoms with E-state index in [0.29, 0.717) is 18.8 Å². The molecule has 33 heavy (non-hydrogen) atoms. The van der Waals surface area contributed by atoms with E-state index in [1.165, 1.54) is 18.5 Å². The van der Waals surface area contributed by atoms with Crippen molar-refractivity contribution < 1.29 is 18.5 Å². The van der Waals surface area contributed by atoms with Crippen LogP contribution < -0.4 is 15.5 Å². The fraction of sp³-hybridized carbons (Fsp3) is 0.304. The maximum atomic E-state index is 13.9. The first kappa shape index (κ1) is 21.4. The van der Waals surface area contributed by atoms with Crippen molar-refractivity contribution in [2.45, 2.75) is 37.1 Å². The molecule has 0 spiro atoms. The number of benzene rings is 2. The van der Waals surface area contributed by atoms with Crippen molar-refractivity contribution in [2.75, 3.05) is 16.8 Å². The van der Waals surface area contributed by atoms with Crippen molar-refractivity contribution in [3.8, 4) is 0 Å². The highest BCUT2D eigenvalue weighted by Crippen LogP contribution is 2.52. The molecule has 170 valence electrons. The zero-order valence-electron chi connectivity index (χ0n) is 17.6. The summed E-state index contributed by atoms with van der Waals surface area (Å²) in [5.41, 5.74) is 1.61. The van der Waals surface area contributed by atoms with Gasteiger partial charge in [0.2, 0.25) is 12.3 Å². The molecular formula is C23H21ClFN5O3. The lowest BCUT2D eigenvalue weighted by Crippen LogP contribution is -2.53. The van der Waals surface area contributed by atoms with Crippen LogP contribution in [0, 0.1) is 5.82 Å². The summed E-state index contributed by atoms with van der Waals surface area (Å²) < 4.78 is 18.9. The Bertz CT molecular complexity index is 1180. The van der Waals surface area contributed by atoms with E-state index in [4.69, 9.17) is 16.1 Å². The van der Waals surface area contributed by atoms with Crippen LogP contribution in [0.25, 0.3) is 0 Å². The number of carbonyl (C=O) groups excluding carboxylic acids is 2. The second-order valence-corrected chi connectivity index (χ2v) is 8.73. The molecule has 1 saturated carbocycles. The number of piperidine rings is 1. The number of halogens is 2. The zero-order valence-corrected chi connectivity index (χ0v) is 18.3. The average Bonchev–Trinajstić information content (AvgIpc) is 3.42. The van der Waals surface area contributed by atoms with E-state index >= 15 is 0 Å². The van der Waals surface area contributed by atoms with Crippen molar-refractivity contribution in [3.63, 3.8) is 0 Å². The van der Waals surface area contributed by atoms with Crippen LogP contribution in [0.3, 0.4) is 0 Å². The lowest BCUT2D eigenvalue weighted by molar-refractivity contribution is -0.121. The molecule has 2 aromatic carbocycles. The predicted octanol–water partition coefficient (Wildman–Crippen LogP) is 4.26. The van der Waals surface area contributed by atoms with E-state index in [2.05, 4.69) is 20.8 Å². The van der Waals surface area contributed by atoms with Crippen LogP contribution in [0.2, 0.25) is 5.02 Å². The van der Waals surface area contributed by atoms with Crippen molar-refractivity contribution in [2.24, 2.45) is 0 Å². The fourth-order valence-corrected chi connectivity index (χ4v) is 4.44.